The molecule has 1 N–H and O–H groups in total. The minimum Gasteiger partial charge on any atom is -0.481 e. The average Bonchev–Trinajstić information content (AvgIpc) is 2.22. The highest BCUT2D eigenvalue weighted by Crippen LogP contribution is 2.33. The summed E-state index contributed by atoms with van der Waals surface area (Å²) in [7, 11) is 1.78. The zero-order valence-electron chi connectivity index (χ0n) is 11.9. The number of carbonyl (C=O) groups excluding carboxylic acids is 1. The van der Waals surface area contributed by atoms with E-state index < -0.39 is 11.4 Å². The van der Waals surface area contributed by atoms with Gasteiger partial charge in [-0.1, -0.05) is 20.3 Å². The van der Waals surface area contributed by atoms with Gasteiger partial charge in [-0.3, -0.25) is 9.59 Å². The maximum atomic E-state index is 12.1. The molecule has 4 heteroatoms. The molecule has 0 aliphatic heterocycles. The SMILES string of the molecule is CC(C)C(C)(CC(=O)N(C)CC1CCC1)C(=O)O. The standard InChI is InChI=1S/C14H25NO3/c1-10(2)14(3,13(17)18)8-12(16)15(4)9-11-6-5-7-11/h10-11H,5-9H2,1-4H3,(H,17,18). The molecule has 0 bridgehead atoms. The molecule has 0 saturated heterocycles. The van der Waals surface area contributed by atoms with Gasteiger partial charge in [0, 0.05) is 20.0 Å². The van der Waals surface area contributed by atoms with Crippen molar-refractivity contribution >= 4 is 11.9 Å². The monoisotopic (exact) mass is 255 g/mol. The van der Waals surface area contributed by atoms with E-state index in [1.165, 1.54) is 19.3 Å². The van der Waals surface area contributed by atoms with Crippen LogP contribution in [0.5, 0.6) is 0 Å². The molecule has 104 valence electrons. The predicted octanol–water partition coefficient (Wildman–Crippen LogP) is 2.38. The Morgan fingerprint density at radius 1 is 1.39 bits per heavy atom. The van der Waals surface area contributed by atoms with Gasteiger partial charge in [-0.2, -0.15) is 0 Å². The Morgan fingerprint density at radius 2 is 1.94 bits per heavy atom. The van der Waals surface area contributed by atoms with Crippen LogP contribution in [-0.4, -0.2) is 35.5 Å². The van der Waals surface area contributed by atoms with Gasteiger partial charge in [-0.25, -0.2) is 0 Å². The second kappa shape index (κ2) is 5.72. The first-order valence-electron chi connectivity index (χ1n) is 6.74. The quantitative estimate of drug-likeness (QED) is 0.792. The lowest BCUT2D eigenvalue weighted by atomic mass is 9.76. The molecule has 1 amide bonds. The van der Waals surface area contributed by atoms with Gasteiger partial charge in [-0.05, 0) is 31.6 Å². The van der Waals surface area contributed by atoms with E-state index in [1.54, 1.807) is 18.9 Å². The van der Waals surface area contributed by atoms with Crippen LogP contribution in [-0.2, 0) is 9.59 Å². The van der Waals surface area contributed by atoms with E-state index in [9.17, 15) is 14.7 Å². The highest BCUT2D eigenvalue weighted by Gasteiger charge is 2.39. The van der Waals surface area contributed by atoms with Crippen LogP contribution >= 0.6 is 0 Å². The minimum absolute atomic E-state index is 0.0551. The van der Waals surface area contributed by atoms with E-state index in [0.29, 0.717) is 5.92 Å². The van der Waals surface area contributed by atoms with Crippen molar-refractivity contribution < 1.29 is 14.7 Å². The molecular weight excluding hydrogens is 230 g/mol. The summed E-state index contributed by atoms with van der Waals surface area (Å²) in [5.74, 6) is -0.381. The van der Waals surface area contributed by atoms with Crippen LogP contribution in [0.4, 0.5) is 0 Å². The van der Waals surface area contributed by atoms with E-state index in [1.807, 2.05) is 13.8 Å². The summed E-state index contributed by atoms with van der Waals surface area (Å²) >= 11 is 0. The molecule has 0 aromatic carbocycles. The number of carboxylic acid groups (broad SMARTS) is 1. The Bertz CT molecular complexity index is 323. The Labute approximate surface area is 109 Å². The van der Waals surface area contributed by atoms with Gasteiger partial charge in [0.05, 0.1) is 5.41 Å². The normalized spacial score (nSPS) is 19.2. The highest BCUT2D eigenvalue weighted by atomic mass is 16.4. The third-order valence-corrected chi connectivity index (χ3v) is 4.46. The summed E-state index contributed by atoms with van der Waals surface area (Å²) in [6.07, 6.45) is 3.73. The number of carbonyl (C=O) groups is 2. The van der Waals surface area contributed by atoms with Gasteiger partial charge >= 0.3 is 5.97 Å². The van der Waals surface area contributed by atoms with Gasteiger partial charge in [0.1, 0.15) is 0 Å². The van der Waals surface area contributed by atoms with Gasteiger partial charge in [0.25, 0.3) is 0 Å². The fourth-order valence-corrected chi connectivity index (χ4v) is 2.14. The number of carboxylic acids is 1. The fourth-order valence-electron chi connectivity index (χ4n) is 2.14. The molecule has 0 spiro atoms. The molecular formula is C14H25NO3. The van der Waals surface area contributed by atoms with E-state index >= 15 is 0 Å². The summed E-state index contributed by atoms with van der Waals surface area (Å²) in [5, 5.41) is 9.30. The largest absolute Gasteiger partial charge is 0.481 e. The maximum Gasteiger partial charge on any atom is 0.310 e. The number of hydrogen-bond acceptors (Lipinski definition) is 2. The maximum absolute atomic E-state index is 12.1. The summed E-state index contributed by atoms with van der Waals surface area (Å²) in [6, 6.07) is 0. The van der Waals surface area contributed by atoms with Gasteiger partial charge in [0.2, 0.25) is 5.91 Å². The van der Waals surface area contributed by atoms with E-state index in [0.717, 1.165) is 6.54 Å². The second-order valence-corrected chi connectivity index (χ2v) is 6.13. The first-order valence-corrected chi connectivity index (χ1v) is 6.74. The predicted molar refractivity (Wildman–Crippen MR) is 70.2 cm³/mol. The number of rotatable bonds is 6. The number of nitrogens with zero attached hydrogens (tertiary/aromatic N) is 1. The van der Waals surface area contributed by atoms with Crippen LogP contribution in [0, 0.1) is 17.3 Å². The van der Waals surface area contributed by atoms with E-state index in [-0.39, 0.29) is 18.2 Å². The Balaban J connectivity index is 2.57. The second-order valence-electron chi connectivity index (χ2n) is 6.13. The van der Waals surface area contributed by atoms with Crippen molar-refractivity contribution in [2.45, 2.75) is 46.5 Å². The molecule has 0 aromatic heterocycles. The highest BCUT2D eigenvalue weighted by molar-refractivity contribution is 5.84. The molecule has 1 unspecified atom stereocenters. The van der Waals surface area contributed by atoms with Crippen molar-refractivity contribution in [2.24, 2.45) is 17.3 Å². The van der Waals surface area contributed by atoms with E-state index in [4.69, 9.17) is 0 Å². The molecule has 1 fully saturated rings. The number of hydrogen-bond donors (Lipinski definition) is 1. The van der Waals surface area contributed by atoms with Gasteiger partial charge in [-0.15, -0.1) is 0 Å². The third kappa shape index (κ3) is 3.24. The molecule has 0 radical (unpaired) electrons. The van der Waals surface area contributed by atoms with Crippen molar-refractivity contribution in [1.82, 2.24) is 4.90 Å². The van der Waals surface area contributed by atoms with Crippen molar-refractivity contribution in [3.63, 3.8) is 0 Å². The molecule has 0 aromatic rings. The third-order valence-electron chi connectivity index (χ3n) is 4.46. The first kappa shape index (κ1) is 15.0. The van der Waals surface area contributed by atoms with Crippen molar-refractivity contribution in [3.8, 4) is 0 Å². The zero-order chi connectivity index (χ0) is 13.9. The molecule has 4 nitrogen and oxygen atoms in total. The van der Waals surface area contributed by atoms with Gasteiger partial charge < -0.3 is 10.0 Å². The summed E-state index contributed by atoms with van der Waals surface area (Å²) < 4.78 is 0. The minimum atomic E-state index is -0.967. The Hall–Kier alpha value is -1.06. The topological polar surface area (TPSA) is 57.6 Å². The smallest absolute Gasteiger partial charge is 0.310 e. The first-order chi connectivity index (χ1) is 8.27. The lowest BCUT2D eigenvalue weighted by Gasteiger charge is -2.33. The molecule has 1 aliphatic carbocycles. The van der Waals surface area contributed by atoms with Crippen molar-refractivity contribution in [2.75, 3.05) is 13.6 Å². The average molecular weight is 255 g/mol. The lowest BCUT2D eigenvalue weighted by Crippen LogP contribution is -2.41. The molecule has 1 saturated carbocycles. The number of aliphatic carboxylic acids is 1. The zero-order valence-corrected chi connectivity index (χ0v) is 11.9. The van der Waals surface area contributed by atoms with Crippen LogP contribution in [0.15, 0.2) is 0 Å². The van der Waals surface area contributed by atoms with Crippen LogP contribution < -0.4 is 0 Å². The summed E-state index contributed by atoms with van der Waals surface area (Å²) in [4.78, 5) is 25.1. The summed E-state index contributed by atoms with van der Waals surface area (Å²) in [5.41, 5.74) is -0.967. The van der Waals surface area contributed by atoms with Crippen LogP contribution in [0.2, 0.25) is 0 Å². The molecule has 1 aliphatic rings. The van der Waals surface area contributed by atoms with Crippen molar-refractivity contribution in [1.29, 1.82) is 0 Å². The van der Waals surface area contributed by atoms with Crippen LogP contribution in [0.25, 0.3) is 0 Å². The molecule has 0 heterocycles. The van der Waals surface area contributed by atoms with Crippen molar-refractivity contribution in [3.05, 3.63) is 0 Å². The van der Waals surface area contributed by atoms with Crippen LogP contribution in [0.1, 0.15) is 46.5 Å². The lowest BCUT2D eigenvalue weighted by molar-refractivity contribution is -0.155. The van der Waals surface area contributed by atoms with E-state index in [2.05, 4.69) is 0 Å². The van der Waals surface area contributed by atoms with Gasteiger partial charge in [0.15, 0.2) is 0 Å². The summed E-state index contributed by atoms with van der Waals surface area (Å²) in [6.45, 7) is 6.14. The number of amides is 1. The molecule has 1 atom stereocenters. The molecule has 18 heavy (non-hydrogen) atoms. The fraction of sp³-hybridized carbons (Fsp3) is 0.857. The van der Waals surface area contributed by atoms with Crippen LogP contribution in [0.3, 0.4) is 0 Å². The Kier molecular flexibility index (Phi) is 4.77. The Morgan fingerprint density at radius 3 is 2.28 bits per heavy atom. The molecule has 1 rings (SSSR count).